The first-order valence-electron chi connectivity index (χ1n) is 10.5. The van der Waals surface area contributed by atoms with Gasteiger partial charge >= 0.3 is 0 Å². The van der Waals surface area contributed by atoms with Crippen LogP contribution in [-0.4, -0.2) is 68.0 Å². The normalized spacial score (nSPS) is 21.3. The molecule has 0 aromatic carbocycles. The Balaban J connectivity index is 1.37. The first-order chi connectivity index (χ1) is 13.9. The van der Waals surface area contributed by atoms with Crippen LogP contribution in [0.1, 0.15) is 37.1 Å². The highest BCUT2D eigenvalue weighted by atomic mass is 16.2. The van der Waals surface area contributed by atoms with Crippen molar-refractivity contribution in [3.63, 3.8) is 0 Å². The first-order valence-corrected chi connectivity index (χ1v) is 10.5. The summed E-state index contributed by atoms with van der Waals surface area (Å²) in [5.41, 5.74) is 1.85. The summed E-state index contributed by atoms with van der Waals surface area (Å²) in [5, 5.41) is 9.01. The Labute approximate surface area is 171 Å². The van der Waals surface area contributed by atoms with Crippen molar-refractivity contribution in [3.05, 3.63) is 39.9 Å². The Kier molecular flexibility index (Phi) is 5.54. The molecule has 2 aromatic rings. The monoisotopic (exact) mass is 398 g/mol. The number of carbonyl (C=O) groups is 1. The van der Waals surface area contributed by atoms with E-state index in [2.05, 4.69) is 15.1 Å². The van der Waals surface area contributed by atoms with E-state index in [0.29, 0.717) is 30.7 Å². The quantitative estimate of drug-likeness (QED) is 0.761. The van der Waals surface area contributed by atoms with E-state index in [0.717, 1.165) is 50.3 Å². The van der Waals surface area contributed by atoms with Gasteiger partial charge in [0.25, 0.3) is 5.56 Å². The van der Waals surface area contributed by atoms with Crippen LogP contribution >= 0.6 is 0 Å². The summed E-state index contributed by atoms with van der Waals surface area (Å²) >= 11 is 0. The zero-order chi connectivity index (χ0) is 20.5. The van der Waals surface area contributed by atoms with Crippen LogP contribution in [0.15, 0.2) is 23.0 Å². The third-order valence-corrected chi connectivity index (χ3v) is 6.13. The predicted molar refractivity (Wildman–Crippen MR) is 110 cm³/mol. The Morgan fingerprint density at radius 2 is 1.86 bits per heavy atom. The lowest BCUT2D eigenvalue weighted by atomic mass is 9.98. The Hall–Kier alpha value is -2.48. The summed E-state index contributed by atoms with van der Waals surface area (Å²) in [5.74, 6) is 1.34. The average Bonchev–Trinajstić information content (AvgIpc) is 2.91. The van der Waals surface area contributed by atoms with Crippen LogP contribution in [-0.2, 0) is 11.3 Å². The van der Waals surface area contributed by atoms with Crippen LogP contribution in [0, 0.1) is 19.8 Å². The maximum absolute atomic E-state index is 12.3. The standard InChI is InChI=1S/C21H30N6O2/c1-15-10-16(2)27(22-15)19-8-9-21(29)26(23-19)13-17-11-25(12-17)14-18-6-4-5-7-20(28)24(18)3/h8-10,17-18H,4-7,11-14H2,1-3H3. The van der Waals surface area contributed by atoms with Crippen LogP contribution in [0.2, 0.25) is 0 Å². The second-order valence-corrected chi connectivity index (χ2v) is 8.54. The van der Waals surface area contributed by atoms with Gasteiger partial charge in [-0.25, -0.2) is 9.36 Å². The van der Waals surface area contributed by atoms with Gasteiger partial charge in [0.05, 0.1) is 12.2 Å². The molecular formula is C21H30N6O2. The van der Waals surface area contributed by atoms with Crippen molar-refractivity contribution in [1.29, 1.82) is 0 Å². The molecule has 0 bridgehead atoms. The lowest BCUT2D eigenvalue weighted by Gasteiger charge is -2.42. The SMILES string of the molecule is Cc1cc(C)n(-c2ccc(=O)n(CC3CN(CC4CCCCC(=O)N4C)C3)n2)n1. The molecule has 0 aliphatic carbocycles. The van der Waals surface area contributed by atoms with E-state index in [1.807, 2.05) is 31.9 Å². The van der Waals surface area contributed by atoms with Crippen LogP contribution in [0.3, 0.4) is 0 Å². The Bertz CT molecular complexity index is 943. The van der Waals surface area contributed by atoms with Gasteiger partial charge in [0.2, 0.25) is 5.91 Å². The van der Waals surface area contributed by atoms with Crippen molar-refractivity contribution in [3.8, 4) is 5.82 Å². The fraction of sp³-hybridized carbons (Fsp3) is 0.619. The summed E-state index contributed by atoms with van der Waals surface area (Å²) in [4.78, 5) is 28.7. The number of likely N-dealkylation sites (tertiary alicyclic amines) is 2. The molecule has 1 unspecified atom stereocenters. The third-order valence-electron chi connectivity index (χ3n) is 6.13. The van der Waals surface area contributed by atoms with Crippen molar-refractivity contribution in [2.45, 2.75) is 52.1 Å². The van der Waals surface area contributed by atoms with E-state index in [1.54, 1.807) is 21.5 Å². The summed E-state index contributed by atoms with van der Waals surface area (Å²) in [6.07, 6.45) is 3.88. The van der Waals surface area contributed by atoms with Crippen molar-refractivity contribution in [1.82, 2.24) is 29.4 Å². The number of aromatic nitrogens is 4. The van der Waals surface area contributed by atoms with E-state index in [4.69, 9.17) is 0 Å². The van der Waals surface area contributed by atoms with Crippen molar-refractivity contribution >= 4 is 5.91 Å². The van der Waals surface area contributed by atoms with Crippen LogP contribution in [0.4, 0.5) is 0 Å². The molecule has 156 valence electrons. The number of amides is 1. The molecule has 2 aromatic heterocycles. The van der Waals surface area contributed by atoms with Crippen molar-refractivity contribution in [2.75, 3.05) is 26.7 Å². The molecule has 8 heteroatoms. The van der Waals surface area contributed by atoms with E-state index >= 15 is 0 Å². The minimum atomic E-state index is -0.0807. The molecule has 1 amide bonds. The highest BCUT2D eigenvalue weighted by molar-refractivity contribution is 5.76. The highest BCUT2D eigenvalue weighted by Gasteiger charge is 2.32. The molecule has 0 radical (unpaired) electrons. The van der Waals surface area contributed by atoms with Gasteiger partial charge in [0.1, 0.15) is 0 Å². The van der Waals surface area contributed by atoms with Gasteiger partial charge in [0, 0.05) is 56.8 Å². The van der Waals surface area contributed by atoms with Gasteiger partial charge in [-0.05, 0) is 38.8 Å². The van der Waals surface area contributed by atoms with Crippen molar-refractivity contribution < 1.29 is 4.79 Å². The van der Waals surface area contributed by atoms with Crippen LogP contribution in [0.25, 0.3) is 5.82 Å². The van der Waals surface area contributed by atoms with E-state index < -0.39 is 0 Å². The molecule has 0 N–H and O–H groups in total. The smallest absolute Gasteiger partial charge is 0.266 e. The second kappa shape index (κ2) is 8.10. The van der Waals surface area contributed by atoms with E-state index in [-0.39, 0.29) is 11.5 Å². The number of hydrogen-bond donors (Lipinski definition) is 0. The predicted octanol–water partition coefficient (Wildman–Crippen LogP) is 1.38. The lowest BCUT2D eigenvalue weighted by Crippen LogP contribution is -2.54. The molecule has 2 saturated heterocycles. The zero-order valence-electron chi connectivity index (χ0n) is 17.5. The first kappa shape index (κ1) is 19.8. The molecule has 4 rings (SSSR count). The van der Waals surface area contributed by atoms with Crippen LogP contribution < -0.4 is 5.56 Å². The van der Waals surface area contributed by atoms with Gasteiger partial charge < -0.3 is 9.80 Å². The van der Waals surface area contributed by atoms with Gasteiger partial charge in [-0.15, -0.1) is 5.10 Å². The van der Waals surface area contributed by atoms with E-state index in [9.17, 15) is 9.59 Å². The minimum Gasteiger partial charge on any atom is -0.341 e. The molecular weight excluding hydrogens is 368 g/mol. The third kappa shape index (κ3) is 4.27. The average molecular weight is 399 g/mol. The molecule has 2 fully saturated rings. The van der Waals surface area contributed by atoms with Gasteiger partial charge in [-0.3, -0.25) is 9.59 Å². The molecule has 8 nitrogen and oxygen atoms in total. The summed E-state index contributed by atoms with van der Waals surface area (Å²) in [6, 6.07) is 5.60. The Morgan fingerprint density at radius 3 is 2.59 bits per heavy atom. The molecule has 2 aliphatic rings. The molecule has 0 spiro atoms. The topological polar surface area (TPSA) is 76.3 Å². The zero-order valence-corrected chi connectivity index (χ0v) is 17.5. The molecule has 29 heavy (non-hydrogen) atoms. The number of nitrogens with zero attached hydrogens (tertiary/aromatic N) is 6. The maximum atomic E-state index is 12.3. The molecule has 2 aliphatic heterocycles. The van der Waals surface area contributed by atoms with Gasteiger partial charge in [-0.1, -0.05) is 6.42 Å². The van der Waals surface area contributed by atoms with Crippen LogP contribution in [0.5, 0.6) is 0 Å². The Morgan fingerprint density at radius 1 is 1.07 bits per heavy atom. The number of rotatable bonds is 5. The lowest BCUT2D eigenvalue weighted by molar-refractivity contribution is -0.132. The molecule has 0 saturated carbocycles. The minimum absolute atomic E-state index is 0.0807. The molecule has 4 heterocycles. The number of hydrogen-bond acceptors (Lipinski definition) is 5. The summed E-state index contributed by atoms with van der Waals surface area (Å²) in [6.45, 7) is 7.35. The maximum Gasteiger partial charge on any atom is 0.266 e. The number of likely N-dealkylation sites (N-methyl/N-ethyl adjacent to an activating group) is 1. The summed E-state index contributed by atoms with van der Waals surface area (Å²) < 4.78 is 3.34. The number of carbonyl (C=O) groups excluding carboxylic acids is 1. The fourth-order valence-corrected chi connectivity index (χ4v) is 4.47. The largest absolute Gasteiger partial charge is 0.341 e. The van der Waals surface area contributed by atoms with Gasteiger partial charge in [-0.2, -0.15) is 5.10 Å². The molecule has 1 atom stereocenters. The van der Waals surface area contributed by atoms with Crippen molar-refractivity contribution in [2.24, 2.45) is 5.92 Å². The summed E-state index contributed by atoms with van der Waals surface area (Å²) in [7, 11) is 1.93. The second-order valence-electron chi connectivity index (χ2n) is 8.54. The number of aryl methyl sites for hydroxylation is 2. The van der Waals surface area contributed by atoms with E-state index in [1.165, 1.54) is 0 Å². The fourth-order valence-electron chi connectivity index (χ4n) is 4.47. The van der Waals surface area contributed by atoms with Gasteiger partial charge in [0.15, 0.2) is 5.82 Å². The highest BCUT2D eigenvalue weighted by Crippen LogP contribution is 2.22.